The molecule has 0 saturated heterocycles. The third-order valence-electron chi connectivity index (χ3n) is 2.87. The van der Waals surface area contributed by atoms with Crippen molar-refractivity contribution >= 4 is 21.8 Å². The average Bonchev–Trinajstić information content (AvgIpc) is 2.37. The van der Waals surface area contributed by atoms with Crippen LogP contribution in [0.4, 0.5) is 5.69 Å². The highest BCUT2D eigenvalue weighted by Crippen LogP contribution is 2.23. The minimum Gasteiger partial charge on any atom is -0.492 e. The van der Waals surface area contributed by atoms with Crippen LogP contribution in [0.3, 0.4) is 0 Å². The molecule has 0 aromatic heterocycles. The topological polar surface area (TPSA) is 104 Å². The molecule has 0 spiro atoms. The average molecular weight is 315 g/mol. The van der Waals surface area contributed by atoms with E-state index in [0.29, 0.717) is 6.29 Å². The molecule has 1 aromatic carbocycles. The standard InChI is InChI=1S/C13H17NO6S/c1-13(2,3)21(18,19)7-6-20-12-5-4-11(14(16)17)8-10(12)9-15/h4-5,8-9H,6-7H2,1-3H3. The molecule has 0 fully saturated rings. The number of benzene rings is 1. The summed E-state index contributed by atoms with van der Waals surface area (Å²) in [5, 5.41) is 10.6. The first-order valence-corrected chi connectivity index (χ1v) is 7.82. The third-order valence-corrected chi connectivity index (χ3v) is 5.44. The molecule has 0 amide bonds. The Morgan fingerprint density at radius 2 is 1.95 bits per heavy atom. The van der Waals surface area contributed by atoms with E-state index in [0.717, 1.165) is 6.07 Å². The monoisotopic (exact) mass is 315 g/mol. The zero-order chi connectivity index (χ0) is 16.3. The van der Waals surface area contributed by atoms with Gasteiger partial charge in [-0.05, 0) is 26.8 Å². The minimum atomic E-state index is -3.33. The predicted octanol–water partition coefficient (Wildman–Crippen LogP) is 2.00. The van der Waals surface area contributed by atoms with Crippen molar-refractivity contribution in [1.29, 1.82) is 0 Å². The lowest BCUT2D eigenvalue weighted by molar-refractivity contribution is -0.384. The van der Waals surface area contributed by atoms with E-state index in [1.54, 1.807) is 20.8 Å². The van der Waals surface area contributed by atoms with Crippen molar-refractivity contribution in [3.8, 4) is 5.75 Å². The fourth-order valence-corrected chi connectivity index (χ4v) is 2.36. The molecule has 0 N–H and O–H groups in total. The molecule has 0 unspecified atom stereocenters. The second-order valence-corrected chi connectivity index (χ2v) is 8.24. The van der Waals surface area contributed by atoms with Crippen LogP contribution in [0.25, 0.3) is 0 Å². The van der Waals surface area contributed by atoms with Gasteiger partial charge < -0.3 is 4.74 Å². The SMILES string of the molecule is CC(C)(C)S(=O)(=O)CCOc1ccc([N+](=O)[O-])cc1C=O. The van der Waals surface area contributed by atoms with E-state index in [4.69, 9.17) is 4.74 Å². The minimum absolute atomic E-state index is 0.0114. The quantitative estimate of drug-likeness (QED) is 0.452. The summed E-state index contributed by atoms with van der Waals surface area (Å²) in [4.78, 5) is 20.9. The highest BCUT2D eigenvalue weighted by molar-refractivity contribution is 7.92. The van der Waals surface area contributed by atoms with Gasteiger partial charge in [-0.25, -0.2) is 8.42 Å². The third kappa shape index (κ3) is 4.25. The number of aldehydes is 1. The number of carbonyl (C=O) groups excluding carboxylic acids is 1. The summed E-state index contributed by atoms with van der Waals surface area (Å²) >= 11 is 0. The van der Waals surface area contributed by atoms with E-state index < -0.39 is 19.5 Å². The Bertz CT molecular complexity index is 645. The van der Waals surface area contributed by atoms with Gasteiger partial charge in [0.15, 0.2) is 16.1 Å². The summed E-state index contributed by atoms with van der Waals surface area (Å²) in [6.07, 6.45) is 0.431. The van der Waals surface area contributed by atoms with Crippen LogP contribution >= 0.6 is 0 Å². The molecule has 0 atom stereocenters. The molecule has 21 heavy (non-hydrogen) atoms. The van der Waals surface area contributed by atoms with Gasteiger partial charge in [-0.2, -0.15) is 0 Å². The molecule has 0 heterocycles. The summed E-state index contributed by atoms with van der Waals surface area (Å²) in [5.74, 6) is -0.0779. The van der Waals surface area contributed by atoms with Gasteiger partial charge in [-0.1, -0.05) is 0 Å². The highest BCUT2D eigenvalue weighted by atomic mass is 32.2. The second-order valence-electron chi connectivity index (χ2n) is 5.38. The lowest BCUT2D eigenvalue weighted by Gasteiger charge is -2.19. The molecule has 1 aromatic rings. The number of ether oxygens (including phenoxy) is 1. The van der Waals surface area contributed by atoms with E-state index in [9.17, 15) is 23.3 Å². The maximum absolute atomic E-state index is 11.9. The van der Waals surface area contributed by atoms with Gasteiger partial charge in [-0.3, -0.25) is 14.9 Å². The number of sulfone groups is 1. The first-order chi connectivity index (χ1) is 9.58. The lowest BCUT2D eigenvalue weighted by Crippen LogP contribution is -2.32. The van der Waals surface area contributed by atoms with Crippen molar-refractivity contribution in [2.45, 2.75) is 25.5 Å². The van der Waals surface area contributed by atoms with Crippen molar-refractivity contribution < 1.29 is 22.9 Å². The van der Waals surface area contributed by atoms with Gasteiger partial charge in [0.1, 0.15) is 12.4 Å². The fourth-order valence-electron chi connectivity index (χ4n) is 1.44. The number of nitro benzene ring substituents is 1. The number of rotatable bonds is 6. The molecule has 8 heteroatoms. The molecule has 116 valence electrons. The zero-order valence-corrected chi connectivity index (χ0v) is 12.8. The normalized spacial score (nSPS) is 12.0. The smallest absolute Gasteiger partial charge is 0.270 e. The van der Waals surface area contributed by atoms with Crippen LogP contribution in [0.15, 0.2) is 18.2 Å². The van der Waals surface area contributed by atoms with Gasteiger partial charge >= 0.3 is 0 Å². The van der Waals surface area contributed by atoms with Crippen LogP contribution in [0, 0.1) is 10.1 Å². The first-order valence-electron chi connectivity index (χ1n) is 6.17. The van der Waals surface area contributed by atoms with E-state index in [1.807, 2.05) is 0 Å². The maximum Gasteiger partial charge on any atom is 0.270 e. The molecule has 1 rings (SSSR count). The number of non-ortho nitro benzene ring substituents is 1. The van der Waals surface area contributed by atoms with Crippen LogP contribution in [0.5, 0.6) is 5.75 Å². The Morgan fingerprint density at radius 1 is 1.33 bits per heavy atom. The number of nitro groups is 1. The number of hydrogen-bond acceptors (Lipinski definition) is 6. The Labute approximate surface area is 123 Å². The van der Waals surface area contributed by atoms with E-state index in [2.05, 4.69) is 0 Å². The van der Waals surface area contributed by atoms with Crippen molar-refractivity contribution in [2.24, 2.45) is 0 Å². The van der Waals surface area contributed by atoms with Crippen molar-refractivity contribution in [3.05, 3.63) is 33.9 Å². The summed E-state index contributed by atoms with van der Waals surface area (Å²) < 4.78 is 28.2. The van der Waals surface area contributed by atoms with Crippen LogP contribution in [-0.2, 0) is 9.84 Å². The molecule has 7 nitrogen and oxygen atoms in total. The summed E-state index contributed by atoms with van der Waals surface area (Å²) in [6.45, 7) is 4.64. The summed E-state index contributed by atoms with van der Waals surface area (Å²) in [7, 11) is -3.33. The predicted molar refractivity (Wildman–Crippen MR) is 77.5 cm³/mol. The van der Waals surface area contributed by atoms with Crippen molar-refractivity contribution in [3.63, 3.8) is 0 Å². The molecule has 0 bridgehead atoms. The van der Waals surface area contributed by atoms with Crippen molar-refractivity contribution in [1.82, 2.24) is 0 Å². The van der Waals surface area contributed by atoms with Gasteiger partial charge in [0.25, 0.3) is 5.69 Å². The Balaban J connectivity index is 2.82. The zero-order valence-electron chi connectivity index (χ0n) is 12.0. The van der Waals surface area contributed by atoms with E-state index in [1.165, 1.54) is 12.1 Å². The van der Waals surface area contributed by atoms with E-state index >= 15 is 0 Å². The second kappa shape index (κ2) is 6.21. The fraction of sp³-hybridized carbons (Fsp3) is 0.462. The van der Waals surface area contributed by atoms with Crippen LogP contribution < -0.4 is 4.74 Å². The molecular formula is C13H17NO6S. The molecule has 0 aliphatic carbocycles. The van der Waals surface area contributed by atoms with Gasteiger partial charge in [-0.15, -0.1) is 0 Å². The van der Waals surface area contributed by atoms with Crippen LogP contribution in [-0.4, -0.2) is 36.7 Å². The van der Waals surface area contributed by atoms with Crippen molar-refractivity contribution in [2.75, 3.05) is 12.4 Å². The van der Waals surface area contributed by atoms with E-state index in [-0.39, 0.29) is 29.4 Å². The molecular weight excluding hydrogens is 298 g/mol. The molecule has 0 saturated carbocycles. The number of hydrogen-bond donors (Lipinski definition) is 0. The molecule has 0 aliphatic heterocycles. The summed E-state index contributed by atoms with van der Waals surface area (Å²) in [6, 6.07) is 3.56. The first kappa shape index (κ1) is 17.1. The largest absolute Gasteiger partial charge is 0.492 e. The maximum atomic E-state index is 11.9. The van der Waals surface area contributed by atoms with Gasteiger partial charge in [0.05, 0.1) is 21.0 Å². The molecule has 0 aliphatic rings. The number of carbonyl (C=O) groups is 1. The molecule has 0 radical (unpaired) electrons. The van der Waals surface area contributed by atoms with Gasteiger partial charge in [0, 0.05) is 12.1 Å². The Morgan fingerprint density at radius 3 is 2.43 bits per heavy atom. The van der Waals surface area contributed by atoms with Crippen LogP contribution in [0.1, 0.15) is 31.1 Å². The Hall–Kier alpha value is -1.96. The van der Waals surface area contributed by atoms with Gasteiger partial charge in [0.2, 0.25) is 0 Å². The number of nitrogens with zero attached hydrogens (tertiary/aromatic N) is 1. The Kier molecular flexibility index (Phi) is 5.06. The highest BCUT2D eigenvalue weighted by Gasteiger charge is 2.28. The summed E-state index contributed by atoms with van der Waals surface area (Å²) in [5.41, 5.74) is -0.218. The van der Waals surface area contributed by atoms with Crippen LogP contribution in [0.2, 0.25) is 0 Å². The lowest BCUT2D eigenvalue weighted by atomic mass is 10.2.